The molecule has 1 aliphatic rings. The minimum absolute atomic E-state index is 0.0494. The topological polar surface area (TPSA) is 84.4 Å². The molecule has 1 fully saturated rings. The van der Waals surface area contributed by atoms with Gasteiger partial charge in [-0.05, 0) is 37.3 Å². The van der Waals surface area contributed by atoms with Crippen LogP contribution in [0.1, 0.15) is 33.3 Å². The first-order chi connectivity index (χ1) is 14.4. The van der Waals surface area contributed by atoms with Crippen LogP contribution in [-0.2, 0) is 4.79 Å². The number of nitrogens with zero attached hydrogens (tertiary/aromatic N) is 3. The Morgan fingerprint density at radius 2 is 2.00 bits per heavy atom. The smallest absolute Gasteiger partial charge is 0.261 e. The number of ether oxygens (including phenoxy) is 1. The van der Waals surface area contributed by atoms with Crippen molar-refractivity contribution >= 4 is 45.6 Å². The largest absolute Gasteiger partial charge is 0.496 e. The quantitative estimate of drug-likeness (QED) is 0.637. The Morgan fingerprint density at radius 3 is 2.73 bits per heavy atom. The van der Waals surface area contributed by atoms with Crippen molar-refractivity contribution in [3.8, 4) is 5.75 Å². The van der Waals surface area contributed by atoms with Crippen molar-refractivity contribution in [3.05, 3.63) is 63.6 Å². The number of anilines is 2. The molecule has 0 aliphatic carbocycles. The molecule has 2 heterocycles. The van der Waals surface area contributed by atoms with Crippen LogP contribution in [0.15, 0.2) is 42.5 Å². The average molecular weight is 443 g/mol. The van der Waals surface area contributed by atoms with Gasteiger partial charge in [0, 0.05) is 29.6 Å². The number of halogens is 1. The number of benzene rings is 2. The molecule has 1 unspecified atom stereocenters. The Hall–Kier alpha value is -2.97. The van der Waals surface area contributed by atoms with Gasteiger partial charge in [0.15, 0.2) is 0 Å². The van der Waals surface area contributed by atoms with Gasteiger partial charge in [-0.1, -0.05) is 40.6 Å². The van der Waals surface area contributed by atoms with E-state index in [-0.39, 0.29) is 17.7 Å². The molecule has 2 aromatic carbocycles. The van der Waals surface area contributed by atoms with Crippen molar-refractivity contribution in [2.75, 3.05) is 23.9 Å². The predicted octanol–water partition coefficient (Wildman–Crippen LogP) is 4.28. The summed E-state index contributed by atoms with van der Waals surface area (Å²) in [7, 11) is 1.49. The first kappa shape index (κ1) is 20.3. The number of hydrogen-bond donors (Lipinski definition) is 1. The van der Waals surface area contributed by atoms with Crippen molar-refractivity contribution in [1.29, 1.82) is 0 Å². The van der Waals surface area contributed by atoms with Gasteiger partial charge in [0.1, 0.15) is 10.8 Å². The van der Waals surface area contributed by atoms with Crippen LogP contribution >= 0.6 is 22.9 Å². The molecule has 3 aromatic rings. The normalized spacial score (nSPS) is 16.0. The number of aryl methyl sites for hydroxylation is 1. The van der Waals surface area contributed by atoms with Crippen LogP contribution in [-0.4, -0.2) is 35.7 Å². The molecule has 0 bridgehead atoms. The third kappa shape index (κ3) is 4.15. The van der Waals surface area contributed by atoms with Crippen molar-refractivity contribution < 1.29 is 14.3 Å². The van der Waals surface area contributed by atoms with E-state index in [1.165, 1.54) is 24.5 Å². The summed E-state index contributed by atoms with van der Waals surface area (Å²) in [6, 6.07) is 12.7. The van der Waals surface area contributed by atoms with Gasteiger partial charge in [-0.15, -0.1) is 10.2 Å². The van der Waals surface area contributed by atoms with E-state index in [4.69, 9.17) is 16.3 Å². The van der Waals surface area contributed by atoms with Crippen molar-refractivity contribution in [2.45, 2.75) is 19.3 Å². The summed E-state index contributed by atoms with van der Waals surface area (Å²) in [4.78, 5) is 26.9. The second-order valence-corrected chi connectivity index (χ2v) is 8.43. The van der Waals surface area contributed by atoms with Crippen LogP contribution in [0.25, 0.3) is 0 Å². The van der Waals surface area contributed by atoms with Gasteiger partial charge >= 0.3 is 0 Å². The monoisotopic (exact) mass is 442 g/mol. The summed E-state index contributed by atoms with van der Waals surface area (Å²) in [5, 5.41) is 12.5. The fraction of sp³-hybridized carbons (Fsp3) is 0.238. The number of amides is 2. The molecular weight excluding hydrogens is 424 g/mol. The van der Waals surface area contributed by atoms with Gasteiger partial charge in [0.25, 0.3) is 5.91 Å². The highest BCUT2D eigenvalue weighted by Crippen LogP contribution is 2.34. The maximum atomic E-state index is 12.6. The van der Waals surface area contributed by atoms with E-state index in [9.17, 15) is 9.59 Å². The molecule has 0 radical (unpaired) electrons. The van der Waals surface area contributed by atoms with E-state index in [0.29, 0.717) is 39.4 Å². The average Bonchev–Trinajstić information content (AvgIpc) is 3.35. The fourth-order valence-electron chi connectivity index (χ4n) is 3.32. The highest BCUT2D eigenvalue weighted by atomic mass is 35.5. The van der Waals surface area contributed by atoms with Crippen LogP contribution in [0.5, 0.6) is 5.75 Å². The number of hydrogen-bond acceptors (Lipinski definition) is 6. The Bertz CT molecular complexity index is 1100. The number of carbonyl (C=O) groups is 2. The maximum absolute atomic E-state index is 12.6. The third-order valence-electron chi connectivity index (χ3n) is 4.89. The van der Waals surface area contributed by atoms with E-state index >= 15 is 0 Å². The molecule has 1 aromatic heterocycles. The summed E-state index contributed by atoms with van der Waals surface area (Å²) < 4.78 is 5.22. The summed E-state index contributed by atoms with van der Waals surface area (Å²) in [6.45, 7) is 2.54. The molecule has 0 spiro atoms. The number of methoxy groups -OCH3 is 1. The van der Waals surface area contributed by atoms with Crippen LogP contribution < -0.4 is 15.0 Å². The lowest BCUT2D eigenvalue weighted by Gasteiger charge is -2.16. The molecule has 4 rings (SSSR count). The zero-order valence-electron chi connectivity index (χ0n) is 16.4. The SMILES string of the molecule is COc1ccc(Cl)cc1C(=O)Nc1nnc(C2CC(=O)N(c3ccc(C)cc3)C2)s1. The first-order valence-electron chi connectivity index (χ1n) is 9.30. The molecule has 1 atom stereocenters. The molecule has 1 N–H and O–H groups in total. The lowest BCUT2D eigenvalue weighted by molar-refractivity contribution is -0.117. The van der Waals surface area contributed by atoms with Crippen LogP contribution in [0.4, 0.5) is 10.8 Å². The Morgan fingerprint density at radius 1 is 1.23 bits per heavy atom. The van der Waals surface area contributed by atoms with Crippen LogP contribution in [0, 0.1) is 6.92 Å². The number of nitrogens with one attached hydrogen (secondary N) is 1. The Balaban J connectivity index is 1.47. The molecule has 9 heteroatoms. The lowest BCUT2D eigenvalue weighted by Crippen LogP contribution is -2.24. The van der Waals surface area contributed by atoms with Gasteiger partial charge in [-0.2, -0.15) is 0 Å². The first-order valence-corrected chi connectivity index (χ1v) is 10.5. The van der Waals surface area contributed by atoms with E-state index in [1.807, 2.05) is 31.2 Å². The minimum atomic E-state index is -0.388. The Labute approximate surface area is 182 Å². The fourth-order valence-corrected chi connectivity index (χ4v) is 4.32. The molecule has 154 valence electrons. The predicted molar refractivity (Wildman–Crippen MR) is 117 cm³/mol. The van der Waals surface area contributed by atoms with E-state index in [1.54, 1.807) is 17.0 Å². The lowest BCUT2D eigenvalue weighted by atomic mass is 10.1. The second kappa shape index (κ2) is 8.41. The molecule has 1 saturated heterocycles. The van der Waals surface area contributed by atoms with Gasteiger partial charge in [0.2, 0.25) is 11.0 Å². The summed E-state index contributed by atoms with van der Waals surface area (Å²) in [5.41, 5.74) is 2.32. The highest BCUT2D eigenvalue weighted by Gasteiger charge is 2.34. The minimum Gasteiger partial charge on any atom is -0.496 e. The van der Waals surface area contributed by atoms with Crippen molar-refractivity contribution in [2.24, 2.45) is 0 Å². The van der Waals surface area contributed by atoms with E-state index in [2.05, 4.69) is 15.5 Å². The van der Waals surface area contributed by atoms with Crippen LogP contribution in [0.3, 0.4) is 0 Å². The van der Waals surface area contributed by atoms with Crippen LogP contribution in [0.2, 0.25) is 5.02 Å². The standard InChI is InChI=1S/C21H19ClN4O3S/c1-12-3-6-15(7-4-12)26-11-13(9-18(26)27)20-24-25-21(30-20)23-19(28)16-10-14(22)5-8-17(16)29-2/h3-8,10,13H,9,11H2,1-2H3,(H,23,25,28). The summed E-state index contributed by atoms with van der Waals surface area (Å²) in [6.07, 6.45) is 0.360. The molecule has 2 amide bonds. The number of carbonyl (C=O) groups excluding carboxylic acids is 2. The van der Waals surface area contributed by atoms with Gasteiger partial charge < -0.3 is 9.64 Å². The summed E-state index contributed by atoms with van der Waals surface area (Å²) >= 11 is 7.27. The summed E-state index contributed by atoms with van der Waals surface area (Å²) in [5.74, 6) is 0.00793. The highest BCUT2D eigenvalue weighted by molar-refractivity contribution is 7.15. The third-order valence-corrected chi connectivity index (χ3v) is 6.12. The van der Waals surface area contributed by atoms with Crippen molar-refractivity contribution in [3.63, 3.8) is 0 Å². The number of aromatic nitrogens is 2. The molecule has 30 heavy (non-hydrogen) atoms. The number of rotatable bonds is 5. The van der Waals surface area contributed by atoms with Gasteiger partial charge in [-0.3, -0.25) is 14.9 Å². The van der Waals surface area contributed by atoms with Crippen molar-refractivity contribution in [1.82, 2.24) is 10.2 Å². The molecule has 7 nitrogen and oxygen atoms in total. The molecular formula is C21H19ClN4O3S. The van der Waals surface area contributed by atoms with E-state index < -0.39 is 0 Å². The van der Waals surface area contributed by atoms with Gasteiger partial charge in [-0.25, -0.2) is 0 Å². The molecule has 0 saturated carbocycles. The Kier molecular flexibility index (Phi) is 5.69. The van der Waals surface area contributed by atoms with Gasteiger partial charge in [0.05, 0.1) is 12.7 Å². The van der Waals surface area contributed by atoms with E-state index in [0.717, 1.165) is 11.3 Å². The zero-order valence-corrected chi connectivity index (χ0v) is 18.0. The molecule has 1 aliphatic heterocycles. The maximum Gasteiger partial charge on any atom is 0.261 e. The zero-order chi connectivity index (χ0) is 21.3. The second-order valence-electron chi connectivity index (χ2n) is 6.99.